The molecule has 0 amide bonds. The van der Waals surface area contributed by atoms with E-state index in [1.807, 2.05) is 45.9 Å². The van der Waals surface area contributed by atoms with Crippen LogP contribution < -0.4 is 0 Å². The van der Waals surface area contributed by atoms with Gasteiger partial charge in [-0.05, 0) is 74.1 Å². The van der Waals surface area contributed by atoms with Crippen molar-refractivity contribution >= 4 is 86.8 Å². The number of carboxylic acid groups (broad SMARTS) is 3. The number of carboxylic acids is 3. The average molecular weight is 686 g/mol. The molecule has 0 saturated heterocycles. The zero-order valence-corrected chi connectivity index (χ0v) is 29.1. The molecule has 5 N–H and O–H groups in total. The Balaban J connectivity index is 0.00000288. The number of H-pyrrole nitrogens is 2. The average Bonchev–Trinajstić information content (AvgIpc) is 3.63. The molecule has 5 rings (SSSR count). The van der Waals surface area contributed by atoms with Crippen LogP contribution >= 0.6 is 0 Å². The second kappa shape index (κ2) is 14.6. The van der Waals surface area contributed by atoms with Crippen molar-refractivity contribution in [1.82, 2.24) is 19.9 Å². The summed E-state index contributed by atoms with van der Waals surface area (Å²) in [5, 5.41) is 29.9. The van der Waals surface area contributed by atoms with E-state index in [1.165, 1.54) is 0 Å². The number of hydrogen-bond acceptors (Lipinski definition) is 5. The van der Waals surface area contributed by atoms with E-state index in [-0.39, 0.29) is 84.6 Å². The molecule has 0 aromatic carbocycles. The molecule has 12 heteroatoms. The second-order valence-corrected chi connectivity index (χ2v) is 11.5. The summed E-state index contributed by atoms with van der Waals surface area (Å²) in [6.07, 6.45) is 2.03. The molecule has 0 unspecified atom stereocenters. The zero-order chi connectivity index (χ0) is 32.0. The molecule has 10 nitrogen and oxygen atoms in total. The van der Waals surface area contributed by atoms with Crippen LogP contribution in [0.15, 0.2) is 24.8 Å². The van der Waals surface area contributed by atoms with Gasteiger partial charge in [-0.3, -0.25) is 14.6 Å². The van der Waals surface area contributed by atoms with Gasteiger partial charge in [-0.15, -0.1) is 0 Å². The number of aromatic nitrogens is 4. The standard InChI is InChI=1S/C34H36N4O6.Na.Zn.H/c1-7-19-15(3)23-12-25-17(5)21(9-10-29(39)40)32(37-25)22(11-30(41)42)33-31(34(43)44)18(6)26(38-33)14-28-20(8-2)16(4)24(36-28)13-27(19)35-23;;;/h7,12-14,17,21,35-36H,1,8-11H2,2-6H3,(H,39,40)(H,41,42)(H,43,44);;;/t17-,21-;;;/m0.../s1. The predicted octanol–water partition coefficient (Wildman–Crippen LogP) is 5.88. The molecule has 5 heterocycles. The predicted molar refractivity (Wildman–Crippen MR) is 177 cm³/mol. The number of nitrogens with zero attached hydrogens (tertiary/aromatic N) is 2. The summed E-state index contributed by atoms with van der Waals surface area (Å²) < 4.78 is 0. The maximum atomic E-state index is 12.7. The summed E-state index contributed by atoms with van der Waals surface area (Å²) in [5.41, 5.74) is 9.23. The minimum Gasteiger partial charge on any atom is 0 e. The summed E-state index contributed by atoms with van der Waals surface area (Å²) >= 11 is 0. The van der Waals surface area contributed by atoms with Gasteiger partial charge < -0.3 is 25.3 Å². The Bertz CT molecular complexity index is 1960. The molecular weight excluding hydrogens is 649 g/mol. The van der Waals surface area contributed by atoms with Crippen LogP contribution in [0.25, 0.3) is 39.3 Å². The number of hydrogen-bond donors (Lipinski definition) is 5. The molecule has 46 heavy (non-hydrogen) atoms. The maximum absolute atomic E-state index is 12.7. The molecule has 8 bridgehead atoms. The van der Waals surface area contributed by atoms with E-state index in [0.29, 0.717) is 29.1 Å². The van der Waals surface area contributed by atoms with E-state index >= 15 is 0 Å². The van der Waals surface area contributed by atoms with Crippen molar-refractivity contribution in [2.24, 2.45) is 0 Å². The number of rotatable bonds is 8. The number of aromatic amines is 2. The van der Waals surface area contributed by atoms with Crippen molar-refractivity contribution in [3.63, 3.8) is 0 Å². The number of aryl methyl sites for hydroxylation is 3. The molecule has 2 aliphatic rings. The van der Waals surface area contributed by atoms with Crippen LogP contribution in [0.3, 0.4) is 0 Å². The van der Waals surface area contributed by atoms with Crippen LogP contribution in [0.2, 0.25) is 0 Å². The van der Waals surface area contributed by atoms with Gasteiger partial charge in [0.2, 0.25) is 0 Å². The van der Waals surface area contributed by atoms with Crippen molar-refractivity contribution < 1.29 is 49.2 Å². The number of nitrogens with one attached hydrogen (secondary N) is 2. The first-order valence-electron chi connectivity index (χ1n) is 14.6. The third-order valence-corrected chi connectivity index (χ3v) is 8.94. The first-order chi connectivity index (χ1) is 20.9. The smallest absolute Gasteiger partial charge is 0 e. The van der Waals surface area contributed by atoms with Crippen LogP contribution in [0.5, 0.6) is 0 Å². The van der Waals surface area contributed by atoms with Crippen LogP contribution in [0, 0.1) is 13.8 Å². The molecule has 3 aromatic rings. The second-order valence-electron chi connectivity index (χ2n) is 11.5. The van der Waals surface area contributed by atoms with Gasteiger partial charge in [0, 0.05) is 76.6 Å². The molecule has 0 aliphatic carbocycles. The van der Waals surface area contributed by atoms with E-state index in [9.17, 15) is 29.7 Å². The number of aliphatic carboxylic acids is 3. The summed E-state index contributed by atoms with van der Waals surface area (Å²) in [7, 11) is 0. The van der Waals surface area contributed by atoms with Crippen molar-refractivity contribution in [2.45, 2.75) is 72.1 Å². The first-order valence-corrected chi connectivity index (χ1v) is 14.6. The molecular formula is C34H37N4NaO6Zn. The Morgan fingerprint density at radius 3 is 2.15 bits per heavy atom. The van der Waals surface area contributed by atoms with Gasteiger partial charge in [-0.25, -0.2) is 9.78 Å². The maximum Gasteiger partial charge on any atom is 0 e. The number of allylic oxidation sites excluding steroid dienone is 1. The van der Waals surface area contributed by atoms with Gasteiger partial charge in [0.1, 0.15) is 0 Å². The minimum atomic E-state index is -1.23. The minimum absolute atomic E-state index is 0. The van der Waals surface area contributed by atoms with Gasteiger partial charge in [-0.2, -0.15) is 0 Å². The monoisotopic (exact) mass is 684 g/mol. The molecule has 232 valence electrons. The van der Waals surface area contributed by atoms with E-state index in [4.69, 9.17) is 9.97 Å². The molecule has 0 saturated carbocycles. The summed E-state index contributed by atoms with van der Waals surface area (Å²) in [5.74, 6) is -4.13. The summed E-state index contributed by atoms with van der Waals surface area (Å²) in [4.78, 5) is 53.2. The van der Waals surface area contributed by atoms with Crippen molar-refractivity contribution in [3.05, 3.63) is 75.4 Å². The van der Waals surface area contributed by atoms with E-state index < -0.39 is 30.2 Å². The molecule has 0 spiro atoms. The molecule has 0 radical (unpaired) electrons. The van der Waals surface area contributed by atoms with Gasteiger partial charge in [0.25, 0.3) is 0 Å². The van der Waals surface area contributed by atoms with Crippen LogP contribution in [0.1, 0.15) is 96.0 Å². The fourth-order valence-electron chi connectivity index (χ4n) is 6.53. The summed E-state index contributed by atoms with van der Waals surface area (Å²) in [6, 6.07) is 5.75. The van der Waals surface area contributed by atoms with Crippen LogP contribution in [0.4, 0.5) is 0 Å². The van der Waals surface area contributed by atoms with E-state index in [2.05, 4.69) is 16.5 Å². The molecule has 0 fully saturated rings. The fourth-order valence-corrected chi connectivity index (χ4v) is 6.53. The van der Waals surface area contributed by atoms with Crippen molar-refractivity contribution in [2.75, 3.05) is 0 Å². The van der Waals surface area contributed by atoms with Crippen LogP contribution in [-0.2, 0) is 46.7 Å². The summed E-state index contributed by atoms with van der Waals surface area (Å²) in [6.45, 7) is 13.7. The zero-order valence-electron chi connectivity index (χ0n) is 26.2. The van der Waals surface area contributed by atoms with Gasteiger partial charge in [0.15, 0.2) is 0 Å². The third kappa shape index (κ3) is 6.70. The number of carbonyl (C=O) groups is 3. The SMILES string of the molecule is C=Cc1c(C)c2cc3nc(c(CC(=O)O)c4nc(cc5[nH]c(cc1[nH]2)c(C)c5CC)C(C)=C4C(=O)O)[C@@H](CCC(=O)O)[C@@H]3C.[NaH].[Zn]. The van der Waals surface area contributed by atoms with Crippen LogP contribution in [-0.4, -0.2) is 82.7 Å². The van der Waals surface area contributed by atoms with Crippen molar-refractivity contribution in [1.29, 1.82) is 0 Å². The third-order valence-electron chi connectivity index (χ3n) is 8.94. The number of fused-ring (bicyclic) bond motifs is 8. The quantitative estimate of drug-likeness (QED) is 0.183. The molecule has 2 atom stereocenters. The Kier molecular flexibility index (Phi) is 11.8. The van der Waals surface area contributed by atoms with E-state index in [0.717, 1.165) is 44.3 Å². The van der Waals surface area contributed by atoms with Gasteiger partial charge in [-0.1, -0.05) is 26.5 Å². The Morgan fingerprint density at radius 2 is 1.57 bits per heavy atom. The largest absolute Gasteiger partial charge is 0 e. The molecule has 2 aliphatic heterocycles. The first kappa shape index (κ1) is 37.1. The topological polar surface area (TPSA) is 169 Å². The Hall–Kier alpha value is -3.37. The Labute approximate surface area is 301 Å². The van der Waals surface area contributed by atoms with E-state index in [1.54, 1.807) is 13.0 Å². The fraction of sp³-hybridized carbons (Fsp3) is 0.324. The molecule has 3 aromatic heterocycles. The normalized spacial score (nSPS) is 15.6. The van der Waals surface area contributed by atoms with Gasteiger partial charge >= 0.3 is 47.5 Å². The van der Waals surface area contributed by atoms with Gasteiger partial charge in [0.05, 0.1) is 29.1 Å². The Morgan fingerprint density at radius 1 is 0.913 bits per heavy atom. The van der Waals surface area contributed by atoms with Crippen molar-refractivity contribution in [3.8, 4) is 0 Å².